The lowest BCUT2D eigenvalue weighted by atomic mass is 9.78. The fourth-order valence-corrected chi connectivity index (χ4v) is 4.53. The van der Waals surface area contributed by atoms with Gasteiger partial charge in [0.15, 0.2) is 5.96 Å². The van der Waals surface area contributed by atoms with E-state index in [0.717, 1.165) is 58.1 Å². The number of ether oxygens (including phenoxy) is 3. The van der Waals surface area contributed by atoms with Crippen molar-refractivity contribution < 1.29 is 14.2 Å². The smallest absolute Gasteiger partial charge is 0.191 e. The Bertz CT molecular complexity index is 695. The third kappa shape index (κ3) is 7.78. The van der Waals surface area contributed by atoms with Crippen molar-refractivity contribution in [2.45, 2.75) is 71.8 Å². The quantitative estimate of drug-likeness (QED) is 0.507. The summed E-state index contributed by atoms with van der Waals surface area (Å²) in [6.45, 7) is 11.6. The first kappa shape index (κ1) is 24.0. The molecule has 31 heavy (non-hydrogen) atoms. The third-order valence-corrected chi connectivity index (χ3v) is 6.16. The third-order valence-electron chi connectivity index (χ3n) is 6.16. The zero-order chi connectivity index (χ0) is 22.1. The van der Waals surface area contributed by atoms with Gasteiger partial charge < -0.3 is 24.8 Å². The first-order chi connectivity index (χ1) is 15.0. The van der Waals surface area contributed by atoms with Gasteiger partial charge in [-0.25, -0.2) is 0 Å². The van der Waals surface area contributed by atoms with E-state index in [1.54, 1.807) is 0 Å². The van der Waals surface area contributed by atoms with Gasteiger partial charge in [-0.2, -0.15) is 0 Å². The Labute approximate surface area is 188 Å². The number of benzene rings is 1. The Balaban J connectivity index is 1.45. The van der Waals surface area contributed by atoms with Crippen LogP contribution in [0, 0.1) is 11.3 Å². The summed E-state index contributed by atoms with van der Waals surface area (Å²) in [6.07, 6.45) is 4.91. The van der Waals surface area contributed by atoms with E-state index in [0.29, 0.717) is 18.6 Å². The second kappa shape index (κ2) is 11.8. The van der Waals surface area contributed by atoms with E-state index in [9.17, 15) is 0 Å². The molecule has 2 aliphatic heterocycles. The largest absolute Gasteiger partial charge is 0.381 e. The minimum Gasteiger partial charge on any atom is -0.381 e. The predicted octanol–water partition coefficient (Wildman–Crippen LogP) is 3.89. The van der Waals surface area contributed by atoms with Crippen molar-refractivity contribution in [3.63, 3.8) is 0 Å². The predicted molar refractivity (Wildman–Crippen MR) is 125 cm³/mol. The lowest BCUT2D eigenvalue weighted by molar-refractivity contribution is -0.0835. The molecule has 0 radical (unpaired) electrons. The molecule has 6 heteroatoms. The van der Waals surface area contributed by atoms with Gasteiger partial charge in [-0.15, -0.1) is 0 Å². The van der Waals surface area contributed by atoms with E-state index < -0.39 is 0 Å². The molecule has 2 heterocycles. The Morgan fingerprint density at radius 2 is 1.87 bits per heavy atom. The number of aliphatic imine (C=N–C) groups is 1. The van der Waals surface area contributed by atoms with Crippen molar-refractivity contribution in [2.24, 2.45) is 16.3 Å². The minimum atomic E-state index is 0.150. The monoisotopic (exact) mass is 431 g/mol. The van der Waals surface area contributed by atoms with E-state index in [1.807, 2.05) is 7.05 Å². The molecule has 2 fully saturated rings. The lowest BCUT2D eigenvalue weighted by Crippen LogP contribution is -2.47. The maximum atomic E-state index is 6.11. The molecular formula is C25H41N3O3. The fraction of sp³-hybridized carbons (Fsp3) is 0.720. The van der Waals surface area contributed by atoms with Gasteiger partial charge in [0.1, 0.15) is 0 Å². The standard InChI is InChI=1S/C25H41N3O3/c1-25(2,3)23-21(9-6-12-30-23)17-28-24(26-4)27-16-19-7-5-8-20(15-19)18-31-22-10-13-29-14-11-22/h5,7-8,15,21-23H,6,9-14,16-18H2,1-4H3,(H2,26,27,28). The average Bonchev–Trinajstić information content (AvgIpc) is 2.78. The normalized spacial score (nSPS) is 23.5. The van der Waals surface area contributed by atoms with Gasteiger partial charge in [-0.3, -0.25) is 4.99 Å². The van der Waals surface area contributed by atoms with Crippen molar-refractivity contribution in [3.8, 4) is 0 Å². The molecule has 0 spiro atoms. The Kier molecular flexibility index (Phi) is 9.17. The van der Waals surface area contributed by atoms with Gasteiger partial charge in [-0.1, -0.05) is 45.0 Å². The van der Waals surface area contributed by atoms with Crippen LogP contribution >= 0.6 is 0 Å². The molecule has 174 valence electrons. The Hall–Kier alpha value is -1.63. The maximum Gasteiger partial charge on any atom is 0.191 e. The summed E-state index contributed by atoms with van der Waals surface area (Å²) in [5.74, 6) is 1.33. The second-order valence-corrected chi connectivity index (χ2v) is 9.81. The Morgan fingerprint density at radius 1 is 1.10 bits per heavy atom. The molecule has 1 aromatic rings. The van der Waals surface area contributed by atoms with Gasteiger partial charge in [0.25, 0.3) is 0 Å². The summed E-state index contributed by atoms with van der Waals surface area (Å²) < 4.78 is 17.6. The van der Waals surface area contributed by atoms with Crippen LogP contribution in [0.2, 0.25) is 0 Å². The first-order valence-corrected chi connectivity index (χ1v) is 11.8. The topological polar surface area (TPSA) is 64.1 Å². The fourth-order valence-electron chi connectivity index (χ4n) is 4.53. The molecule has 2 aliphatic rings. The zero-order valence-corrected chi connectivity index (χ0v) is 19.8. The number of nitrogens with one attached hydrogen (secondary N) is 2. The van der Waals surface area contributed by atoms with Crippen LogP contribution in [0.1, 0.15) is 57.6 Å². The number of rotatable bonds is 7. The molecule has 0 aliphatic carbocycles. The Morgan fingerprint density at radius 3 is 2.61 bits per heavy atom. The molecule has 6 nitrogen and oxygen atoms in total. The van der Waals surface area contributed by atoms with E-state index in [1.165, 1.54) is 17.5 Å². The summed E-state index contributed by atoms with van der Waals surface area (Å²) in [4.78, 5) is 4.41. The molecule has 2 unspecified atom stereocenters. The van der Waals surface area contributed by atoms with Crippen molar-refractivity contribution in [1.82, 2.24) is 10.6 Å². The second-order valence-electron chi connectivity index (χ2n) is 9.81. The van der Waals surface area contributed by atoms with Gasteiger partial charge >= 0.3 is 0 Å². The first-order valence-electron chi connectivity index (χ1n) is 11.8. The lowest BCUT2D eigenvalue weighted by Gasteiger charge is -2.40. The highest BCUT2D eigenvalue weighted by Crippen LogP contribution is 2.33. The molecule has 3 rings (SSSR count). The van der Waals surface area contributed by atoms with Crippen LogP contribution in [0.3, 0.4) is 0 Å². The SMILES string of the molecule is CN=C(NCc1cccc(COC2CCOCC2)c1)NCC1CCCOC1C(C)(C)C. The number of hydrogen-bond donors (Lipinski definition) is 2. The highest BCUT2D eigenvalue weighted by molar-refractivity contribution is 5.79. The molecule has 0 bridgehead atoms. The number of guanidine groups is 1. The van der Waals surface area contributed by atoms with Crippen LogP contribution in [-0.2, 0) is 27.4 Å². The molecule has 0 aromatic heterocycles. The highest BCUT2D eigenvalue weighted by atomic mass is 16.5. The molecule has 2 atom stereocenters. The summed E-state index contributed by atoms with van der Waals surface area (Å²) >= 11 is 0. The maximum absolute atomic E-state index is 6.11. The van der Waals surface area contributed by atoms with Crippen LogP contribution in [-0.4, -0.2) is 51.6 Å². The molecule has 0 saturated carbocycles. The van der Waals surface area contributed by atoms with Crippen LogP contribution < -0.4 is 10.6 Å². The molecular weight excluding hydrogens is 390 g/mol. The van der Waals surface area contributed by atoms with Crippen LogP contribution in [0.25, 0.3) is 0 Å². The summed E-state index contributed by atoms with van der Waals surface area (Å²) in [5.41, 5.74) is 2.59. The van der Waals surface area contributed by atoms with Crippen LogP contribution in [0.15, 0.2) is 29.3 Å². The van der Waals surface area contributed by atoms with Gasteiger partial charge in [-0.05, 0) is 42.2 Å². The zero-order valence-electron chi connectivity index (χ0n) is 19.8. The van der Waals surface area contributed by atoms with E-state index in [4.69, 9.17) is 14.2 Å². The summed E-state index contributed by atoms with van der Waals surface area (Å²) in [6, 6.07) is 8.59. The van der Waals surface area contributed by atoms with Crippen molar-refractivity contribution in [2.75, 3.05) is 33.4 Å². The van der Waals surface area contributed by atoms with E-state index in [-0.39, 0.29) is 11.5 Å². The number of nitrogens with zero attached hydrogens (tertiary/aromatic N) is 1. The van der Waals surface area contributed by atoms with Crippen molar-refractivity contribution in [3.05, 3.63) is 35.4 Å². The van der Waals surface area contributed by atoms with E-state index in [2.05, 4.69) is 60.7 Å². The van der Waals surface area contributed by atoms with Gasteiger partial charge in [0.05, 0.1) is 18.8 Å². The van der Waals surface area contributed by atoms with Crippen LogP contribution in [0.5, 0.6) is 0 Å². The molecule has 2 N–H and O–H groups in total. The molecule has 0 amide bonds. The highest BCUT2D eigenvalue weighted by Gasteiger charge is 2.35. The van der Waals surface area contributed by atoms with Crippen molar-refractivity contribution >= 4 is 5.96 Å². The number of hydrogen-bond acceptors (Lipinski definition) is 4. The summed E-state index contributed by atoms with van der Waals surface area (Å²) in [5, 5.41) is 6.97. The van der Waals surface area contributed by atoms with E-state index >= 15 is 0 Å². The molecule has 1 aromatic carbocycles. The minimum absolute atomic E-state index is 0.150. The summed E-state index contributed by atoms with van der Waals surface area (Å²) in [7, 11) is 1.83. The molecule has 2 saturated heterocycles. The van der Waals surface area contributed by atoms with Gasteiger partial charge in [0.2, 0.25) is 0 Å². The average molecular weight is 432 g/mol. The van der Waals surface area contributed by atoms with Gasteiger partial charge in [0, 0.05) is 45.9 Å². The van der Waals surface area contributed by atoms with Crippen molar-refractivity contribution in [1.29, 1.82) is 0 Å². The van der Waals surface area contributed by atoms with Crippen LogP contribution in [0.4, 0.5) is 0 Å².